The third-order valence-electron chi connectivity index (χ3n) is 4.91. The van der Waals surface area contributed by atoms with Crippen molar-refractivity contribution in [3.63, 3.8) is 0 Å². The lowest BCUT2D eigenvalue weighted by molar-refractivity contribution is 0.234. The minimum absolute atomic E-state index is 0.0583. The van der Waals surface area contributed by atoms with Gasteiger partial charge in [0.1, 0.15) is 5.75 Å². The second kappa shape index (κ2) is 7.07. The standard InChI is InChI=1S/C18H25N3O2S/c1-23-15-3-4-17-14(5-9-20-18(17)13-15)6-10-21-11-7-16(8-12-21)24(2,19)22/h3-5,9,13,16,19H,6-8,10-12H2,1-2H3. The lowest BCUT2D eigenvalue weighted by Gasteiger charge is -2.32. The predicted molar refractivity (Wildman–Crippen MR) is 98.2 cm³/mol. The molecule has 24 heavy (non-hydrogen) atoms. The van der Waals surface area contributed by atoms with Crippen LogP contribution in [0.2, 0.25) is 0 Å². The largest absolute Gasteiger partial charge is 0.497 e. The van der Waals surface area contributed by atoms with E-state index in [0.29, 0.717) is 0 Å². The Morgan fingerprint density at radius 1 is 1.33 bits per heavy atom. The number of benzene rings is 1. The maximum Gasteiger partial charge on any atom is 0.121 e. The summed E-state index contributed by atoms with van der Waals surface area (Å²) in [6.07, 6.45) is 6.14. The second-order valence-electron chi connectivity index (χ2n) is 6.55. The summed E-state index contributed by atoms with van der Waals surface area (Å²) in [5, 5.41) is 1.24. The Labute approximate surface area is 144 Å². The Bertz CT molecular complexity index is 812. The molecular weight excluding hydrogens is 322 g/mol. The quantitative estimate of drug-likeness (QED) is 0.903. The maximum atomic E-state index is 11.9. The van der Waals surface area contributed by atoms with Crippen LogP contribution in [0.1, 0.15) is 18.4 Å². The Balaban J connectivity index is 1.64. The van der Waals surface area contributed by atoms with Crippen LogP contribution < -0.4 is 4.74 Å². The molecule has 0 amide bonds. The van der Waals surface area contributed by atoms with Crippen molar-refractivity contribution in [2.75, 3.05) is 33.0 Å². The van der Waals surface area contributed by atoms with Gasteiger partial charge in [-0.05, 0) is 56.1 Å². The van der Waals surface area contributed by atoms with Crippen molar-refractivity contribution in [3.8, 4) is 5.75 Å². The maximum absolute atomic E-state index is 11.9. The molecule has 1 aromatic heterocycles. The number of hydrogen-bond acceptors (Lipinski definition) is 5. The van der Waals surface area contributed by atoms with E-state index in [2.05, 4.69) is 22.0 Å². The van der Waals surface area contributed by atoms with Gasteiger partial charge in [0.2, 0.25) is 0 Å². The number of nitrogens with one attached hydrogen (secondary N) is 1. The van der Waals surface area contributed by atoms with Gasteiger partial charge in [-0.25, -0.2) is 4.21 Å². The lowest BCUT2D eigenvalue weighted by Crippen LogP contribution is -2.39. The third kappa shape index (κ3) is 3.87. The molecule has 0 spiro atoms. The van der Waals surface area contributed by atoms with E-state index >= 15 is 0 Å². The van der Waals surface area contributed by atoms with Crippen molar-refractivity contribution in [2.24, 2.45) is 0 Å². The molecule has 1 aliphatic heterocycles. The van der Waals surface area contributed by atoms with Crippen molar-refractivity contribution in [3.05, 3.63) is 36.0 Å². The Morgan fingerprint density at radius 3 is 2.75 bits per heavy atom. The highest BCUT2D eigenvalue weighted by Gasteiger charge is 2.24. The molecule has 130 valence electrons. The Kier molecular flexibility index (Phi) is 5.06. The minimum atomic E-state index is -2.40. The number of hydrogen-bond donors (Lipinski definition) is 1. The van der Waals surface area contributed by atoms with E-state index in [9.17, 15) is 4.21 Å². The molecule has 5 nitrogen and oxygen atoms in total. The average Bonchev–Trinajstić information content (AvgIpc) is 2.59. The summed E-state index contributed by atoms with van der Waals surface area (Å²) < 4.78 is 24.9. The summed E-state index contributed by atoms with van der Waals surface area (Å²) in [6, 6.07) is 8.11. The molecule has 0 bridgehead atoms. The zero-order valence-corrected chi connectivity index (χ0v) is 15.1. The normalized spacial score (nSPS) is 19.2. The summed E-state index contributed by atoms with van der Waals surface area (Å²) in [5.41, 5.74) is 2.26. The number of aromatic nitrogens is 1. The van der Waals surface area contributed by atoms with E-state index in [-0.39, 0.29) is 5.25 Å². The zero-order chi connectivity index (χ0) is 17.2. The van der Waals surface area contributed by atoms with Gasteiger partial charge in [-0.15, -0.1) is 0 Å². The number of likely N-dealkylation sites (tertiary alicyclic amines) is 1. The van der Waals surface area contributed by atoms with Gasteiger partial charge in [0.15, 0.2) is 0 Å². The summed E-state index contributed by atoms with van der Waals surface area (Å²) in [5.74, 6) is 0.827. The molecule has 1 N–H and O–H groups in total. The predicted octanol–water partition coefficient (Wildman–Crippen LogP) is 2.93. The molecule has 0 aliphatic carbocycles. The van der Waals surface area contributed by atoms with Gasteiger partial charge in [-0.1, -0.05) is 0 Å². The molecule has 2 aromatic rings. The van der Waals surface area contributed by atoms with E-state index in [1.807, 2.05) is 18.3 Å². The first kappa shape index (κ1) is 17.2. The molecule has 1 atom stereocenters. The smallest absolute Gasteiger partial charge is 0.121 e. The summed E-state index contributed by atoms with van der Waals surface area (Å²) in [7, 11) is -0.732. The molecule has 1 fully saturated rings. The molecule has 0 saturated carbocycles. The van der Waals surface area contributed by atoms with Crippen LogP contribution in [-0.4, -0.2) is 52.3 Å². The van der Waals surface area contributed by atoms with Crippen LogP contribution in [0.3, 0.4) is 0 Å². The summed E-state index contributed by atoms with van der Waals surface area (Å²) >= 11 is 0. The second-order valence-corrected chi connectivity index (χ2v) is 9.02. The van der Waals surface area contributed by atoms with Crippen molar-refractivity contribution < 1.29 is 8.95 Å². The minimum Gasteiger partial charge on any atom is -0.497 e. The summed E-state index contributed by atoms with van der Waals surface area (Å²) in [6.45, 7) is 2.86. The van der Waals surface area contributed by atoms with Crippen LogP contribution in [0, 0.1) is 4.78 Å². The fraction of sp³-hybridized carbons (Fsp3) is 0.500. The number of ether oxygens (including phenoxy) is 1. The first-order valence-electron chi connectivity index (χ1n) is 8.34. The number of nitrogens with zero attached hydrogens (tertiary/aromatic N) is 2. The molecule has 6 heteroatoms. The van der Waals surface area contributed by atoms with Crippen molar-refractivity contribution >= 4 is 20.6 Å². The van der Waals surface area contributed by atoms with Crippen LogP contribution in [0.5, 0.6) is 5.75 Å². The van der Waals surface area contributed by atoms with Gasteiger partial charge in [0.05, 0.1) is 12.6 Å². The van der Waals surface area contributed by atoms with Crippen LogP contribution in [0.4, 0.5) is 0 Å². The SMILES string of the molecule is COc1ccc2c(CCN3CCC(S(C)(=N)=O)CC3)ccnc2c1. The van der Waals surface area contributed by atoms with E-state index in [4.69, 9.17) is 9.52 Å². The van der Waals surface area contributed by atoms with Crippen molar-refractivity contribution in [1.82, 2.24) is 9.88 Å². The van der Waals surface area contributed by atoms with Crippen LogP contribution in [0.15, 0.2) is 30.5 Å². The highest BCUT2D eigenvalue weighted by molar-refractivity contribution is 7.92. The molecule has 1 unspecified atom stereocenters. The Morgan fingerprint density at radius 2 is 2.08 bits per heavy atom. The van der Waals surface area contributed by atoms with Gasteiger partial charge in [-0.3, -0.25) is 9.76 Å². The number of fused-ring (bicyclic) bond motifs is 1. The van der Waals surface area contributed by atoms with Gasteiger partial charge < -0.3 is 9.64 Å². The first-order valence-corrected chi connectivity index (χ1v) is 10.4. The number of pyridine rings is 1. The highest BCUT2D eigenvalue weighted by Crippen LogP contribution is 2.23. The highest BCUT2D eigenvalue weighted by atomic mass is 32.2. The topological polar surface area (TPSA) is 66.3 Å². The van der Waals surface area contributed by atoms with Crippen molar-refractivity contribution in [2.45, 2.75) is 24.5 Å². The van der Waals surface area contributed by atoms with Crippen LogP contribution in [-0.2, 0) is 16.1 Å². The number of piperidine rings is 1. The van der Waals surface area contributed by atoms with E-state index in [1.165, 1.54) is 10.9 Å². The van der Waals surface area contributed by atoms with Gasteiger partial charge in [-0.2, -0.15) is 0 Å². The Hall–Kier alpha value is -1.66. The van der Waals surface area contributed by atoms with Gasteiger partial charge >= 0.3 is 0 Å². The zero-order valence-electron chi connectivity index (χ0n) is 14.3. The number of methoxy groups -OCH3 is 1. The van der Waals surface area contributed by atoms with Gasteiger partial charge in [0, 0.05) is 45.4 Å². The molecule has 1 aromatic carbocycles. The lowest BCUT2D eigenvalue weighted by atomic mass is 10.0. The molecule has 1 saturated heterocycles. The van der Waals surface area contributed by atoms with Crippen LogP contribution in [0.25, 0.3) is 10.9 Å². The summed E-state index contributed by atoms with van der Waals surface area (Å²) in [4.78, 5) is 6.85. The molecule has 3 rings (SSSR count). The molecule has 1 aliphatic rings. The molecular formula is C18H25N3O2S. The molecule has 2 heterocycles. The van der Waals surface area contributed by atoms with E-state index in [0.717, 1.165) is 50.2 Å². The van der Waals surface area contributed by atoms with Gasteiger partial charge in [0.25, 0.3) is 0 Å². The first-order chi connectivity index (χ1) is 11.5. The number of rotatable bonds is 5. The average molecular weight is 347 g/mol. The van der Waals surface area contributed by atoms with E-state index < -0.39 is 9.73 Å². The van der Waals surface area contributed by atoms with Crippen molar-refractivity contribution in [1.29, 1.82) is 4.78 Å². The third-order valence-corrected chi connectivity index (χ3v) is 6.65. The van der Waals surface area contributed by atoms with Crippen LogP contribution >= 0.6 is 0 Å². The fourth-order valence-corrected chi connectivity index (χ4v) is 4.50. The molecule has 0 radical (unpaired) electrons. The monoisotopic (exact) mass is 347 g/mol. The van der Waals surface area contributed by atoms with E-state index in [1.54, 1.807) is 13.4 Å². The fourth-order valence-electron chi connectivity index (χ4n) is 3.39.